The van der Waals surface area contributed by atoms with Gasteiger partial charge in [-0.15, -0.1) is 0 Å². The summed E-state index contributed by atoms with van der Waals surface area (Å²) in [6, 6.07) is 0. The predicted octanol–water partition coefficient (Wildman–Crippen LogP) is -1.47. The van der Waals surface area contributed by atoms with Crippen molar-refractivity contribution in [3.8, 4) is 0 Å². The molecule has 0 atom stereocenters. The standard InChI is InChI=1S/C7H8N4O3/c12-6-2-11(3-7(13)9-6)1-5-8-4-14-10-5/h4H,1-3H2,(H,9,12,13). The fourth-order valence-electron chi connectivity index (χ4n) is 1.27. The third-order valence-electron chi connectivity index (χ3n) is 1.79. The molecule has 1 fully saturated rings. The molecule has 2 rings (SSSR count). The van der Waals surface area contributed by atoms with Crippen LogP contribution >= 0.6 is 0 Å². The summed E-state index contributed by atoms with van der Waals surface area (Å²) in [4.78, 5) is 27.4. The number of rotatable bonds is 2. The van der Waals surface area contributed by atoms with E-state index in [9.17, 15) is 9.59 Å². The summed E-state index contributed by atoms with van der Waals surface area (Å²) < 4.78 is 4.54. The predicted molar refractivity (Wildman–Crippen MR) is 42.7 cm³/mol. The van der Waals surface area contributed by atoms with Crippen molar-refractivity contribution in [1.29, 1.82) is 0 Å². The average molecular weight is 196 g/mol. The lowest BCUT2D eigenvalue weighted by Crippen LogP contribution is -2.50. The lowest BCUT2D eigenvalue weighted by atomic mass is 10.3. The molecular weight excluding hydrogens is 188 g/mol. The number of imide groups is 1. The zero-order valence-electron chi connectivity index (χ0n) is 7.27. The molecule has 1 N–H and O–H groups in total. The first kappa shape index (κ1) is 8.82. The molecule has 0 unspecified atom stereocenters. The summed E-state index contributed by atoms with van der Waals surface area (Å²) in [6.07, 6.45) is 1.21. The van der Waals surface area contributed by atoms with Gasteiger partial charge in [-0.3, -0.25) is 19.8 Å². The van der Waals surface area contributed by atoms with Crippen molar-refractivity contribution >= 4 is 11.8 Å². The van der Waals surface area contributed by atoms with Crippen molar-refractivity contribution < 1.29 is 14.1 Å². The maximum Gasteiger partial charge on any atom is 0.240 e. The third-order valence-corrected chi connectivity index (χ3v) is 1.79. The second-order valence-corrected chi connectivity index (χ2v) is 2.96. The maximum absolute atomic E-state index is 11.0. The minimum atomic E-state index is -0.301. The van der Waals surface area contributed by atoms with Crippen molar-refractivity contribution in [1.82, 2.24) is 20.4 Å². The van der Waals surface area contributed by atoms with Crippen LogP contribution in [0.3, 0.4) is 0 Å². The lowest BCUT2D eigenvalue weighted by molar-refractivity contribution is -0.136. The molecule has 0 saturated carbocycles. The highest BCUT2D eigenvalue weighted by Crippen LogP contribution is 2.00. The summed E-state index contributed by atoms with van der Waals surface area (Å²) in [5.41, 5.74) is 0. The van der Waals surface area contributed by atoms with Crippen LogP contribution in [0.25, 0.3) is 0 Å². The molecule has 74 valence electrons. The third kappa shape index (κ3) is 1.94. The molecule has 1 aromatic heterocycles. The molecule has 1 aliphatic rings. The van der Waals surface area contributed by atoms with Crippen LogP contribution in [-0.2, 0) is 16.1 Å². The molecule has 0 radical (unpaired) electrons. The Morgan fingerprint density at radius 1 is 1.43 bits per heavy atom. The van der Waals surface area contributed by atoms with E-state index in [-0.39, 0.29) is 24.9 Å². The Hall–Kier alpha value is -1.76. The number of nitrogens with one attached hydrogen (secondary N) is 1. The summed E-state index contributed by atoms with van der Waals surface area (Å²) in [6.45, 7) is 0.705. The van der Waals surface area contributed by atoms with E-state index >= 15 is 0 Å². The van der Waals surface area contributed by atoms with Crippen LogP contribution in [-0.4, -0.2) is 39.9 Å². The van der Waals surface area contributed by atoms with Gasteiger partial charge in [0.05, 0.1) is 19.6 Å². The molecule has 7 heteroatoms. The van der Waals surface area contributed by atoms with Gasteiger partial charge in [0, 0.05) is 0 Å². The van der Waals surface area contributed by atoms with Crippen molar-refractivity contribution in [3.63, 3.8) is 0 Å². The van der Waals surface area contributed by atoms with Crippen LogP contribution in [0.15, 0.2) is 10.9 Å². The largest absolute Gasteiger partial charge is 0.343 e. The molecule has 0 spiro atoms. The van der Waals surface area contributed by atoms with Gasteiger partial charge in [0.25, 0.3) is 0 Å². The second kappa shape index (κ2) is 3.54. The van der Waals surface area contributed by atoms with Gasteiger partial charge in [-0.2, -0.15) is 4.98 Å². The topological polar surface area (TPSA) is 88.3 Å². The van der Waals surface area contributed by atoms with Crippen LogP contribution in [0.4, 0.5) is 0 Å². The van der Waals surface area contributed by atoms with Crippen LogP contribution in [0.2, 0.25) is 0 Å². The van der Waals surface area contributed by atoms with Crippen molar-refractivity contribution in [2.24, 2.45) is 0 Å². The number of carbonyl (C=O) groups excluding carboxylic acids is 2. The summed E-state index contributed by atoms with van der Waals surface area (Å²) in [5.74, 6) is -0.137. The molecule has 7 nitrogen and oxygen atoms in total. The van der Waals surface area contributed by atoms with E-state index in [1.807, 2.05) is 0 Å². The minimum Gasteiger partial charge on any atom is -0.343 e. The first-order valence-corrected chi connectivity index (χ1v) is 4.04. The van der Waals surface area contributed by atoms with E-state index in [0.717, 1.165) is 0 Å². The van der Waals surface area contributed by atoms with E-state index in [1.165, 1.54) is 6.39 Å². The number of hydrogen-bond acceptors (Lipinski definition) is 6. The van der Waals surface area contributed by atoms with E-state index < -0.39 is 0 Å². The Morgan fingerprint density at radius 2 is 2.14 bits per heavy atom. The zero-order chi connectivity index (χ0) is 9.97. The van der Waals surface area contributed by atoms with Gasteiger partial charge in [0.2, 0.25) is 18.2 Å². The number of piperazine rings is 1. The second-order valence-electron chi connectivity index (χ2n) is 2.96. The molecule has 2 heterocycles. The molecule has 0 bridgehead atoms. The molecule has 1 aromatic rings. The highest BCUT2D eigenvalue weighted by atomic mass is 16.5. The summed E-state index contributed by atoms with van der Waals surface area (Å²) >= 11 is 0. The number of aromatic nitrogens is 2. The molecular formula is C7H8N4O3. The SMILES string of the molecule is O=C1CN(Cc2ncon2)CC(=O)N1. The van der Waals surface area contributed by atoms with Gasteiger partial charge in [-0.25, -0.2) is 0 Å². The Balaban J connectivity index is 1.98. The van der Waals surface area contributed by atoms with Crippen molar-refractivity contribution in [3.05, 3.63) is 12.2 Å². The fraction of sp³-hybridized carbons (Fsp3) is 0.429. The molecule has 0 aliphatic carbocycles. The van der Waals surface area contributed by atoms with Crippen LogP contribution < -0.4 is 5.32 Å². The average Bonchev–Trinajstić information content (AvgIpc) is 2.54. The quantitative estimate of drug-likeness (QED) is 0.581. The minimum absolute atomic E-state index is 0.181. The number of amides is 2. The van der Waals surface area contributed by atoms with Crippen LogP contribution in [0, 0.1) is 0 Å². The zero-order valence-corrected chi connectivity index (χ0v) is 7.27. The fourth-order valence-corrected chi connectivity index (χ4v) is 1.27. The van der Waals surface area contributed by atoms with Gasteiger partial charge in [0.1, 0.15) is 0 Å². The first-order valence-electron chi connectivity index (χ1n) is 4.04. The summed E-state index contributed by atoms with van der Waals surface area (Å²) in [5, 5.41) is 5.79. The van der Waals surface area contributed by atoms with Crippen LogP contribution in [0.1, 0.15) is 5.82 Å². The number of nitrogens with zero attached hydrogens (tertiary/aromatic N) is 3. The molecule has 14 heavy (non-hydrogen) atoms. The van der Waals surface area contributed by atoms with Crippen LogP contribution in [0.5, 0.6) is 0 Å². The maximum atomic E-state index is 11.0. The molecule has 2 amide bonds. The number of hydrogen-bond donors (Lipinski definition) is 1. The Bertz CT molecular complexity index is 332. The highest BCUT2D eigenvalue weighted by molar-refractivity contribution is 5.99. The Kier molecular flexibility index (Phi) is 2.23. The van der Waals surface area contributed by atoms with E-state index in [1.54, 1.807) is 4.90 Å². The van der Waals surface area contributed by atoms with E-state index in [2.05, 4.69) is 20.0 Å². The normalized spacial score (nSPS) is 18.3. The van der Waals surface area contributed by atoms with E-state index in [4.69, 9.17) is 0 Å². The van der Waals surface area contributed by atoms with Gasteiger partial charge >= 0.3 is 0 Å². The molecule has 0 aromatic carbocycles. The summed E-state index contributed by atoms with van der Waals surface area (Å²) in [7, 11) is 0. The molecule has 1 aliphatic heterocycles. The first-order chi connectivity index (χ1) is 6.74. The van der Waals surface area contributed by atoms with Gasteiger partial charge < -0.3 is 4.52 Å². The van der Waals surface area contributed by atoms with Crippen molar-refractivity contribution in [2.75, 3.05) is 13.1 Å². The number of carbonyl (C=O) groups is 2. The van der Waals surface area contributed by atoms with Crippen molar-refractivity contribution in [2.45, 2.75) is 6.54 Å². The lowest BCUT2D eigenvalue weighted by Gasteiger charge is -2.23. The van der Waals surface area contributed by atoms with Gasteiger partial charge in [-0.05, 0) is 0 Å². The van der Waals surface area contributed by atoms with Gasteiger partial charge in [0.15, 0.2) is 5.82 Å². The highest BCUT2D eigenvalue weighted by Gasteiger charge is 2.23. The molecule has 1 saturated heterocycles. The smallest absolute Gasteiger partial charge is 0.240 e. The van der Waals surface area contributed by atoms with Gasteiger partial charge in [-0.1, -0.05) is 5.16 Å². The Labute approximate surface area is 79.1 Å². The van der Waals surface area contributed by atoms with E-state index in [0.29, 0.717) is 12.4 Å². The monoisotopic (exact) mass is 196 g/mol. The Morgan fingerprint density at radius 3 is 2.71 bits per heavy atom.